The van der Waals surface area contributed by atoms with Gasteiger partial charge < -0.3 is 0 Å². The summed E-state index contributed by atoms with van der Waals surface area (Å²) in [6.45, 7) is 5.25. The van der Waals surface area contributed by atoms with Gasteiger partial charge in [0.2, 0.25) is 10.0 Å². The topological polar surface area (TPSA) is 50.3 Å². The first-order valence-electron chi connectivity index (χ1n) is 5.93. The molecule has 0 spiro atoms. The van der Waals surface area contributed by atoms with E-state index in [2.05, 4.69) is 18.8 Å². The summed E-state index contributed by atoms with van der Waals surface area (Å²) in [4.78, 5) is 3.95. The molecule has 0 aliphatic carbocycles. The van der Waals surface area contributed by atoms with Gasteiger partial charge in [0.15, 0.2) is 0 Å². The van der Waals surface area contributed by atoms with Gasteiger partial charge in [-0.25, -0.2) is 8.42 Å². The van der Waals surface area contributed by atoms with Crippen LogP contribution in [0.15, 0.2) is 23.4 Å². The van der Waals surface area contributed by atoms with E-state index in [1.165, 1.54) is 22.8 Å². The Labute approximate surface area is 113 Å². The number of hydrogen-bond acceptors (Lipinski definition) is 3. The normalized spacial score (nSPS) is 20.8. The lowest BCUT2D eigenvalue weighted by molar-refractivity contribution is 0.187. The van der Waals surface area contributed by atoms with Gasteiger partial charge >= 0.3 is 0 Å². The zero-order chi connectivity index (χ0) is 13.4. The lowest BCUT2D eigenvalue weighted by Crippen LogP contribution is -2.43. The van der Waals surface area contributed by atoms with Gasteiger partial charge in [0.05, 0.1) is 5.02 Å². The fraction of sp³-hybridized carbons (Fsp3) is 0.583. The molecular formula is C12H17ClN2O2S. The van der Waals surface area contributed by atoms with Crippen LogP contribution < -0.4 is 0 Å². The van der Waals surface area contributed by atoms with Crippen molar-refractivity contribution in [3.8, 4) is 0 Å². The summed E-state index contributed by atoms with van der Waals surface area (Å²) in [7, 11) is -3.52. The summed E-state index contributed by atoms with van der Waals surface area (Å²) in [5, 5.41) is 0.230. The molecule has 1 aliphatic rings. The van der Waals surface area contributed by atoms with Gasteiger partial charge in [0.1, 0.15) is 4.90 Å². The molecule has 0 radical (unpaired) electrons. The van der Waals surface area contributed by atoms with Gasteiger partial charge in [-0.2, -0.15) is 4.31 Å². The number of halogens is 1. The largest absolute Gasteiger partial charge is 0.263 e. The molecule has 1 fully saturated rings. The van der Waals surface area contributed by atoms with E-state index in [1.807, 2.05) is 0 Å². The van der Waals surface area contributed by atoms with Gasteiger partial charge in [-0.3, -0.25) is 4.98 Å². The molecule has 18 heavy (non-hydrogen) atoms. The maximum atomic E-state index is 12.5. The number of sulfonamides is 1. The monoisotopic (exact) mass is 288 g/mol. The third-order valence-corrected chi connectivity index (χ3v) is 5.53. The van der Waals surface area contributed by atoms with Crippen molar-refractivity contribution in [3.63, 3.8) is 0 Å². The third kappa shape index (κ3) is 2.68. The van der Waals surface area contributed by atoms with Crippen LogP contribution in [0.4, 0.5) is 0 Å². The van der Waals surface area contributed by atoms with E-state index in [0.717, 1.165) is 12.8 Å². The van der Waals surface area contributed by atoms with E-state index >= 15 is 0 Å². The molecule has 1 aliphatic heterocycles. The van der Waals surface area contributed by atoms with E-state index in [9.17, 15) is 8.42 Å². The average molecular weight is 289 g/mol. The van der Waals surface area contributed by atoms with Crippen molar-refractivity contribution in [2.75, 3.05) is 13.1 Å². The van der Waals surface area contributed by atoms with Crippen LogP contribution in [0, 0.1) is 5.41 Å². The average Bonchev–Trinajstić information content (AvgIpc) is 2.28. The second kappa shape index (κ2) is 4.79. The lowest BCUT2D eigenvalue weighted by Gasteiger charge is -2.37. The first-order chi connectivity index (χ1) is 8.33. The smallest absolute Gasteiger partial charge is 0.246 e. The zero-order valence-corrected chi connectivity index (χ0v) is 12.1. The summed E-state index contributed by atoms with van der Waals surface area (Å²) in [6.07, 6.45) is 4.73. The molecule has 1 saturated heterocycles. The summed E-state index contributed by atoms with van der Waals surface area (Å²) in [5.41, 5.74) is 0.0139. The standard InChI is InChI=1S/C12H17ClN2O2S/c1-12(2)5-3-7-15(9-12)18(16,17)11-8-14-6-4-10(11)13/h4,6,8H,3,5,7,9H2,1-2H3. The molecule has 100 valence electrons. The van der Waals surface area contributed by atoms with Crippen molar-refractivity contribution in [2.24, 2.45) is 5.41 Å². The van der Waals surface area contributed by atoms with Crippen LogP contribution in [0.3, 0.4) is 0 Å². The van der Waals surface area contributed by atoms with E-state index < -0.39 is 10.0 Å². The Morgan fingerprint density at radius 1 is 1.44 bits per heavy atom. The van der Waals surface area contributed by atoms with Crippen molar-refractivity contribution < 1.29 is 8.42 Å². The Balaban J connectivity index is 2.35. The quantitative estimate of drug-likeness (QED) is 0.840. The van der Waals surface area contributed by atoms with Crippen LogP contribution in [-0.2, 0) is 10.0 Å². The minimum absolute atomic E-state index is 0.0139. The summed E-state index contributed by atoms with van der Waals surface area (Å²) in [5.74, 6) is 0. The van der Waals surface area contributed by atoms with Gasteiger partial charge in [0.25, 0.3) is 0 Å². The molecule has 1 aromatic rings. The molecule has 0 aromatic carbocycles. The maximum Gasteiger partial charge on any atom is 0.246 e. The number of hydrogen-bond donors (Lipinski definition) is 0. The van der Waals surface area contributed by atoms with E-state index in [-0.39, 0.29) is 15.3 Å². The number of aromatic nitrogens is 1. The third-order valence-electron chi connectivity index (χ3n) is 3.22. The van der Waals surface area contributed by atoms with E-state index in [4.69, 9.17) is 11.6 Å². The van der Waals surface area contributed by atoms with Crippen molar-refractivity contribution >= 4 is 21.6 Å². The zero-order valence-electron chi connectivity index (χ0n) is 10.6. The van der Waals surface area contributed by atoms with E-state index in [1.54, 1.807) is 0 Å². The Morgan fingerprint density at radius 2 is 2.17 bits per heavy atom. The molecule has 0 unspecified atom stereocenters. The highest BCUT2D eigenvalue weighted by atomic mass is 35.5. The molecule has 2 heterocycles. The first kappa shape index (κ1) is 13.8. The van der Waals surface area contributed by atoms with Crippen molar-refractivity contribution in [3.05, 3.63) is 23.5 Å². The molecule has 0 atom stereocenters. The Bertz CT molecular complexity index is 543. The summed E-state index contributed by atoms with van der Waals surface area (Å²) in [6, 6.07) is 1.50. The first-order valence-corrected chi connectivity index (χ1v) is 7.74. The second-order valence-corrected chi connectivity index (χ2v) is 7.73. The van der Waals surface area contributed by atoms with Gasteiger partial charge in [0, 0.05) is 25.5 Å². The molecule has 0 bridgehead atoms. The molecule has 0 saturated carbocycles. The highest BCUT2D eigenvalue weighted by Crippen LogP contribution is 2.33. The lowest BCUT2D eigenvalue weighted by atomic mass is 9.85. The SMILES string of the molecule is CC1(C)CCCN(S(=O)(=O)c2cnccc2Cl)C1. The molecule has 2 rings (SSSR count). The van der Waals surface area contributed by atoms with Crippen LogP contribution in [0.5, 0.6) is 0 Å². The predicted octanol–water partition coefficient (Wildman–Crippen LogP) is 2.55. The fourth-order valence-corrected chi connectivity index (χ4v) is 4.34. The van der Waals surface area contributed by atoms with E-state index in [0.29, 0.717) is 13.1 Å². The van der Waals surface area contributed by atoms with Crippen molar-refractivity contribution in [1.29, 1.82) is 0 Å². The predicted molar refractivity (Wildman–Crippen MR) is 71.0 cm³/mol. The minimum atomic E-state index is -3.52. The van der Waals surface area contributed by atoms with Crippen LogP contribution in [-0.4, -0.2) is 30.8 Å². The molecule has 0 amide bonds. The minimum Gasteiger partial charge on any atom is -0.263 e. The Hall–Kier alpha value is -0.650. The van der Waals surface area contributed by atoms with Crippen LogP contribution >= 0.6 is 11.6 Å². The Morgan fingerprint density at radius 3 is 2.78 bits per heavy atom. The number of rotatable bonds is 2. The van der Waals surface area contributed by atoms with Crippen molar-refractivity contribution in [1.82, 2.24) is 9.29 Å². The molecule has 6 heteroatoms. The van der Waals surface area contributed by atoms with Crippen LogP contribution in [0.1, 0.15) is 26.7 Å². The number of nitrogens with zero attached hydrogens (tertiary/aromatic N) is 2. The Kier molecular flexibility index (Phi) is 3.67. The number of piperidine rings is 1. The molecule has 0 N–H and O–H groups in total. The summed E-state index contributed by atoms with van der Waals surface area (Å²) < 4.78 is 26.5. The highest BCUT2D eigenvalue weighted by molar-refractivity contribution is 7.89. The van der Waals surface area contributed by atoms with Gasteiger partial charge in [-0.1, -0.05) is 25.4 Å². The number of pyridine rings is 1. The van der Waals surface area contributed by atoms with Crippen LogP contribution in [0.2, 0.25) is 5.02 Å². The second-order valence-electron chi connectivity index (χ2n) is 5.41. The summed E-state index contributed by atoms with van der Waals surface area (Å²) >= 11 is 5.95. The molecule has 1 aromatic heterocycles. The van der Waals surface area contributed by atoms with Gasteiger partial charge in [-0.15, -0.1) is 0 Å². The van der Waals surface area contributed by atoms with Gasteiger partial charge in [-0.05, 0) is 24.3 Å². The maximum absolute atomic E-state index is 12.5. The van der Waals surface area contributed by atoms with Crippen molar-refractivity contribution in [2.45, 2.75) is 31.6 Å². The highest BCUT2D eigenvalue weighted by Gasteiger charge is 2.35. The molecular weight excluding hydrogens is 272 g/mol. The van der Waals surface area contributed by atoms with Crippen LogP contribution in [0.25, 0.3) is 0 Å². The fourth-order valence-electron chi connectivity index (χ4n) is 2.27. The molecule has 4 nitrogen and oxygen atoms in total.